The molecule has 2 atom stereocenters. The SMILES string of the molecule is CC(CC1CC1)N(C)CC1CNCCO1. The van der Waals surface area contributed by atoms with Gasteiger partial charge in [-0.05, 0) is 26.3 Å². The molecule has 2 fully saturated rings. The molecule has 0 amide bonds. The summed E-state index contributed by atoms with van der Waals surface area (Å²) < 4.78 is 5.72. The smallest absolute Gasteiger partial charge is 0.0826 e. The first-order valence-corrected chi connectivity index (χ1v) is 6.28. The molecule has 2 aliphatic rings. The maximum Gasteiger partial charge on any atom is 0.0826 e. The largest absolute Gasteiger partial charge is 0.374 e. The van der Waals surface area contributed by atoms with Crippen molar-refractivity contribution in [3.63, 3.8) is 0 Å². The minimum atomic E-state index is 0.394. The minimum Gasteiger partial charge on any atom is -0.374 e. The Kier molecular flexibility index (Phi) is 4.00. The second-order valence-corrected chi connectivity index (χ2v) is 5.16. The van der Waals surface area contributed by atoms with E-state index in [0.29, 0.717) is 12.1 Å². The highest BCUT2D eigenvalue weighted by molar-refractivity contribution is 4.80. The predicted octanol–water partition coefficient (Wildman–Crippen LogP) is 1.10. The van der Waals surface area contributed by atoms with Gasteiger partial charge >= 0.3 is 0 Å². The first-order chi connectivity index (χ1) is 7.25. The van der Waals surface area contributed by atoms with Crippen LogP contribution in [0.2, 0.25) is 0 Å². The van der Waals surface area contributed by atoms with E-state index in [1.165, 1.54) is 19.3 Å². The third-order valence-electron chi connectivity index (χ3n) is 3.62. The zero-order chi connectivity index (χ0) is 10.7. The van der Waals surface area contributed by atoms with Crippen LogP contribution in [0, 0.1) is 5.92 Å². The highest BCUT2D eigenvalue weighted by Gasteiger charge is 2.26. The molecule has 3 heteroatoms. The van der Waals surface area contributed by atoms with Gasteiger partial charge < -0.3 is 15.0 Å². The molecule has 0 radical (unpaired) electrons. The van der Waals surface area contributed by atoms with Gasteiger partial charge in [0.05, 0.1) is 12.7 Å². The molecule has 15 heavy (non-hydrogen) atoms. The lowest BCUT2D eigenvalue weighted by Crippen LogP contribution is -2.46. The minimum absolute atomic E-state index is 0.394. The molecule has 2 unspecified atom stereocenters. The summed E-state index contributed by atoms with van der Waals surface area (Å²) >= 11 is 0. The number of hydrogen-bond donors (Lipinski definition) is 1. The lowest BCUT2D eigenvalue weighted by molar-refractivity contribution is 0.00316. The topological polar surface area (TPSA) is 24.5 Å². The molecule has 0 bridgehead atoms. The van der Waals surface area contributed by atoms with Gasteiger partial charge in [0.25, 0.3) is 0 Å². The lowest BCUT2D eigenvalue weighted by atomic mass is 10.1. The van der Waals surface area contributed by atoms with E-state index in [9.17, 15) is 0 Å². The highest BCUT2D eigenvalue weighted by Crippen LogP contribution is 2.34. The van der Waals surface area contributed by atoms with E-state index in [-0.39, 0.29) is 0 Å². The van der Waals surface area contributed by atoms with E-state index >= 15 is 0 Å². The van der Waals surface area contributed by atoms with Crippen molar-refractivity contribution in [3.05, 3.63) is 0 Å². The number of ether oxygens (including phenoxy) is 1. The maximum atomic E-state index is 5.72. The summed E-state index contributed by atoms with van der Waals surface area (Å²) in [7, 11) is 2.23. The van der Waals surface area contributed by atoms with Crippen molar-refractivity contribution < 1.29 is 4.74 Å². The summed E-state index contributed by atoms with van der Waals surface area (Å²) in [4.78, 5) is 2.45. The summed E-state index contributed by atoms with van der Waals surface area (Å²) in [6.45, 7) is 6.31. The van der Waals surface area contributed by atoms with Gasteiger partial charge in [-0.3, -0.25) is 0 Å². The van der Waals surface area contributed by atoms with Gasteiger partial charge in [-0.15, -0.1) is 0 Å². The standard InChI is InChI=1S/C12H24N2O/c1-10(7-11-3-4-11)14(2)9-12-8-13-5-6-15-12/h10-13H,3-9H2,1-2H3. The molecule has 1 heterocycles. The molecule has 1 aliphatic carbocycles. The van der Waals surface area contributed by atoms with Crippen LogP contribution in [0.3, 0.4) is 0 Å². The highest BCUT2D eigenvalue weighted by atomic mass is 16.5. The lowest BCUT2D eigenvalue weighted by Gasteiger charge is -2.31. The second-order valence-electron chi connectivity index (χ2n) is 5.16. The molecule has 0 spiro atoms. The van der Waals surface area contributed by atoms with Gasteiger partial charge in [0.15, 0.2) is 0 Å². The van der Waals surface area contributed by atoms with E-state index in [1.54, 1.807) is 0 Å². The molecular formula is C12H24N2O. The number of rotatable bonds is 5. The van der Waals surface area contributed by atoms with Gasteiger partial charge in [-0.2, -0.15) is 0 Å². The first-order valence-electron chi connectivity index (χ1n) is 6.28. The van der Waals surface area contributed by atoms with Crippen LogP contribution in [0.25, 0.3) is 0 Å². The third kappa shape index (κ3) is 3.74. The van der Waals surface area contributed by atoms with Crippen LogP contribution in [0.4, 0.5) is 0 Å². The average molecular weight is 212 g/mol. The van der Waals surface area contributed by atoms with Crippen LogP contribution >= 0.6 is 0 Å². The van der Waals surface area contributed by atoms with Gasteiger partial charge in [0.2, 0.25) is 0 Å². The monoisotopic (exact) mass is 212 g/mol. The van der Waals surface area contributed by atoms with E-state index in [1.807, 2.05) is 0 Å². The van der Waals surface area contributed by atoms with Crippen LogP contribution in [0.5, 0.6) is 0 Å². The van der Waals surface area contributed by atoms with Crippen molar-refractivity contribution in [2.24, 2.45) is 5.92 Å². The second kappa shape index (κ2) is 5.28. The summed E-state index contributed by atoms with van der Waals surface area (Å²) in [5.41, 5.74) is 0. The van der Waals surface area contributed by atoms with Crippen molar-refractivity contribution in [1.29, 1.82) is 0 Å². The summed E-state index contributed by atoms with van der Waals surface area (Å²) in [5.74, 6) is 1.02. The van der Waals surface area contributed by atoms with Gasteiger partial charge in [0.1, 0.15) is 0 Å². The Morgan fingerprint density at radius 3 is 2.87 bits per heavy atom. The molecule has 0 aromatic rings. The number of nitrogens with one attached hydrogen (secondary N) is 1. The average Bonchev–Trinajstić information content (AvgIpc) is 3.03. The van der Waals surface area contributed by atoms with Gasteiger partial charge in [-0.1, -0.05) is 12.8 Å². The molecule has 0 aromatic carbocycles. The fourth-order valence-corrected chi connectivity index (χ4v) is 2.25. The first kappa shape index (κ1) is 11.4. The van der Waals surface area contributed by atoms with Crippen LogP contribution in [-0.4, -0.2) is 50.3 Å². The third-order valence-corrected chi connectivity index (χ3v) is 3.62. The summed E-state index contributed by atoms with van der Waals surface area (Å²) in [5, 5.41) is 3.38. The Balaban J connectivity index is 1.66. The molecular weight excluding hydrogens is 188 g/mol. The van der Waals surface area contributed by atoms with Crippen LogP contribution in [0.15, 0.2) is 0 Å². The summed E-state index contributed by atoms with van der Waals surface area (Å²) in [6, 6.07) is 0.711. The van der Waals surface area contributed by atoms with Crippen LogP contribution < -0.4 is 5.32 Å². The Morgan fingerprint density at radius 1 is 1.47 bits per heavy atom. The fourth-order valence-electron chi connectivity index (χ4n) is 2.25. The zero-order valence-corrected chi connectivity index (χ0v) is 10.0. The molecule has 1 N–H and O–H groups in total. The maximum absolute atomic E-state index is 5.72. The molecule has 1 aliphatic heterocycles. The van der Waals surface area contributed by atoms with E-state index in [0.717, 1.165) is 32.2 Å². The molecule has 1 saturated carbocycles. The summed E-state index contributed by atoms with van der Waals surface area (Å²) in [6.07, 6.45) is 4.68. The molecule has 3 nitrogen and oxygen atoms in total. The predicted molar refractivity (Wildman–Crippen MR) is 62.0 cm³/mol. The van der Waals surface area contributed by atoms with E-state index in [4.69, 9.17) is 4.74 Å². The van der Waals surface area contributed by atoms with Crippen molar-refractivity contribution in [2.45, 2.75) is 38.3 Å². The zero-order valence-electron chi connectivity index (χ0n) is 10.0. The fraction of sp³-hybridized carbons (Fsp3) is 1.00. The van der Waals surface area contributed by atoms with Crippen LogP contribution in [0.1, 0.15) is 26.2 Å². The Bertz CT molecular complexity index is 188. The van der Waals surface area contributed by atoms with E-state index in [2.05, 4.69) is 24.2 Å². The molecule has 88 valence electrons. The normalized spacial score (nSPS) is 29.4. The van der Waals surface area contributed by atoms with Gasteiger partial charge in [0, 0.05) is 25.7 Å². The number of likely N-dealkylation sites (N-methyl/N-ethyl adjacent to an activating group) is 1. The number of morpholine rings is 1. The van der Waals surface area contributed by atoms with Crippen molar-refractivity contribution in [2.75, 3.05) is 33.3 Å². The molecule has 1 saturated heterocycles. The Labute approximate surface area is 93.2 Å². The van der Waals surface area contributed by atoms with Crippen molar-refractivity contribution in [3.8, 4) is 0 Å². The number of nitrogens with zero attached hydrogens (tertiary/aromatic N) is 1. The van der Waals surface area contributed by atoms with Crippen molar-refractivity contribution >= 4 is 0 Å². The van der Waals surface area contributed by atoms with Gasteiger partial charge in [-0.25, -0.2) is 0 Å². The van der Waals surface area contributed by atoms with E-state index < -0.39 is 0 Å². The molecule has 2 rings (SSSR count). The van der Waals surface area contributed by atoms with Crippen LogP contribution in [-0.2, 0) is 4.74 Å². The number of hydrogen-bond acceptors (Lipinski definition) is 3. The Hall–Kier alpha value is -0.120. The molecule has 0 aromatic heterocycles. The Morgan fingerprint density at radius 2 is 2.27 bits per heavy atom. The quantitative estimate of drug-likeness (QED) is 0.738. The van der Waals surface area contributed by atoms with Crippen molar-refractivity contribution in [1.82, 2.24) is 10.2 Å².